The minimum Gasteiger partial charge on any atom is -0.322 e. The van der Waals surface area contributed by atoms with Crippen molar-refractivity contribution in [1.82, 2.24) is 0 Å². The molecule has 0 radical (unpaired) electrons. The molecule has 0 aliphatic rings. The monoisotopic (exact) mass is 323 g/mol. The zero-order chi connectivity index (χ0) is 17.7. The number of hydrogen-bond donors (Lipinski definition) is 1. The molecule has 1 amide bonds. The number of nitrogens with zero attached hydrogens (tertiary/aromatic N) is 2. The number of hydrogen-bond acceptors (Lipinski definition) is 4. The van der Waals surface area contributed by atoms with Gasteiger partial charge in [0.1, 0.15) is 0 Å². The van der Waals surface area contributed by atoms with E-state index in [1.807, 2.05) is 13.0 Å². The maximum absolute atomic E-state index is 12.4. The molecular formula is C18H17N3O3. The van der Waals surface area contributed by atoms with Gasteiger partial charge in [-0.25, -0.2) is 0 Å². The Kier molecular flexibility index (Phi) is 5.27. The van der Waals surface area contributed by atoms with Gasteiger partial charge in [-0.1, -0.05) is 25.1 Å². The zero-order valence-corrected chi connectivity index (χ0v) is 13.4. The fraction of sp³-hybridized carbons (Fsp3) is 0.222. The molecule has 24 heavy (non-hydrogen) atoms. The molecule has 0 aliphatic carbocycles. The largest absolute Gasteiger partial charge is 0.322 e. The molecule has 0 fully saturated rings. The Hall–Kier alpha value is -3.20. The predicted molar refractivity (Wildman–Crippen MR) is 90.9 cm³/mol. The smallest absolute Gasteiger partial charge is 0.274 e. The highest BCUT2D eigenvalue weighted by Crippen LogP contribution is 2.23. The van der Waals surface area contributed by atoms with E-state index in [2.05, 4.69) is 11.4 Å². The quantitative estimate of drug-likeness (QED) is 0.659. The first-order valence-corrected chi connectivity index (χ1v) is 7.52. The van der Waals surface area contributed by atoms with E-state index < -0.39 is 4.92 Å². The van der Waals surface area contributed by atoms with Crippen molar-refractivity contribution in [3.05, 3.63) is 69.3 Å². The van der Waals surface area contributed by atoms with Crippen LogP contribution in [0.1, 0.15) is 40.7 Å². The summed E-state index contributed by atoms with van der Waals surface area (Å²) in [5.41, 5.74) is 2.03. The molecule has 1 unspecified atom stereocenters. The van der Waals surface area contributed by atoms with Crippen molar-refractivity contribution in [3.63, 3.8) is 0 Å². The van der Waals surface area contributed by atoms with E-state index in [0.29, 0.717) is 23.2 Å². The van der Waals surface area contributed by atoms with Crippen molar-refractivity contribution in [2.45, 2.75) is 26.2 Å². The van der Waals surface area contributed by atoms with E-state index >= 15 is 0 Å². The molecule has 0 saturated heterocycles. The van der Waals surface area contributed by atoms with Gasteiger partial charge in [-0.15, -0.1) is 0 Å². The topological polar surface area (TPSA) is 96.0 Å². The lowest BCUT2D eigenvalue weighted by atomic mass is 9.96. The Morgan fingerprint density at radius 2 is 2.08 bits per heavy atom. The Morgan fingerprint density at radius 3 is 2.71 bits per heavy atom. The van der Waals surface area contributed by atoms with Crippen LogP contribution in [0.2, 0.25) is 0 Å². The van der Waals surface area contributed by atoms with Crippen molar-refractivity contribution in [2.75, 3.05) is 5.32 Å². The highest BCUT2D eigenvalue weighted by atomic mass is 16.6. The molecule has 0 aliphatic heterocycles. The Balaban J connectivity index is 2.25. The number of nitriles is 1. The summed E-state index contributed by atoms with van der Waals surface area (Å²) in [4.78, 5) is 22.9. The van der Waals surface area contributed by atoms with Gasteiger partial charge >= 0.3 is 0 Å². The summed E-state index contributed by atoms with van der Waals surface area (Å²) in [6.45, 7) is 3.55. The van der Waals surface area contributed by atoms with Crippen molar-refractivity contribution >= 4 is 17.3 Å². The molecular weight excluding hydrogens is 306 g/mol. The Labute approximate surface area is 139 Å². The zero-order valence-electron chi connectivity index (χ0n) is 13.4. The molecule has 0 bridgehead atoms. The van der Waals surface area contributed by atoms with Crippen LogP contribution in [0.15, 0.2) is 42.5 Å². The molecule has 2 aromatic carbocycles. The number of benzene rings is 2. The summed E-state index contributed by atoms with van der Waals surface area (Å²) in [5, 5.41) is 22.8. The average molecular weight is 323 g/mol. The molecule has 6 heteroatoms. The summed E-state index contributed by atoms with van der Waals surface area (Å²) in [6, 6.07) is 13.6. The maximum atomic E-state index is 12.4. The second kappa shape index (κ2) is 7.38. The van der Waals surface area contributed by atoms with Crippen LogP contribution in [0, 0.1) is 28.4 Å². The summed E-state index contributed by atoms with van der Waals surface area (Å²) >= 11 is 0. The van der Waals surface area contributed by atoms with E-state index in [1.165, 1.54) is 6.07 Å². The number of anilines is 1. The van der Waals surface area contributed by atoms with Gasteiger partial charge in [-0.3, -0.25) is 14.9 Å². The fourth-order valence-electron chi connectivity index (χ4n) is 2.39. The Bertz CT molecular complexity index is 824. The molecule has 0 heterocycles. The number of nitro benzene ring substituents is 1. The maximum Gasteiger partial charge on any atom is 0.274 e. The van der Waals surface area contributed by atoms with Gasteiger partial charge in [-0.2, -0.15) is 5.26 Å². The Morgan fingerprint density at radius 1 is 1.33 bits per heavy atom. The number of rotatable bonds is 5. The second-order valence-electron chi connectivity index (χ2n) is 5.43. The number of nitrogens with one attached hydrogen (secondary N) is 1. The van der Waals surface area contributed by atoms with Crippen LogP contribution >= 0.6 is 0 Å². The van der Waals surface area contributed by atoms with Gasteiger partial charge in [0.25, 0.3) is 11.6 Å². The number of carbonyl (C=O) groups excluding carboxylic acids is 1. The van der Waals surface area contributed by atoms with Crippen molar-refractivity contribution in [1.29, 1.82) is 5.26 Å². The van der Waals surface area contributed by atoms with Gasteiger partial charge in [0.2, 0.25) is 0 Å². The lowest BCUT2D eigenvalue weighted by Crippen LogP contribution is -2.12. The fourth-order valence-corrected chi connectivity index (χ4v) is 2.39. The standard InChI is InChI=1S/C18H17N3O3/c1-3-13(11-19)14-5-4-6-15(9-14)18(22)20-16-8-7-12(2)17(10-16)21(23)24/h4-10,13H,3H2,1-2H3,(H,20,22). The number of aryl methyl sites for hydroxylation is 1. The van der Waals surface area contributed by atoms with Gasteiger partial charge < -0.3 is 5.32 Å². The van der Waals surface area contributed by atoms with Crippen LogP contribution in [0.25, 0.3) is 0 Å². The van der Waals surface area contributed by atoms with E-state index in [1.54, 1.807) is 37.3 Å². The minimum absolute atomic E-state index is 0.0444. The van der Waals surface area contributed by atoms with Crippen molar-refractivity contribution < 1.29 is 9.72 Å². The van der Waals surface area contributed by atoms with E-state index in [-0.39, 0.29) is 17.5 Å². The third-order valence-electron chi connectivity index (χ3n) is 3.78. The van der Waals surface area contributed by atoms with Crippen LogP contribution in [0.5, 0.6) is 0 Å². The molecule has 1 atom stereocenters. The molecule has 1 N–H and O–H groups in total. The molecule has 2 aromatic rings. The average Bonchev–Trinajstić information content (AvgIpc) is 2.57. The third kappa shape index (κ3) is 3.76. The van der Waals surface area contributed by atoms with Crippen LogP contribution < -0.4 is 5.32 Å². The van der Waals surface area contributed by atoms with E-state index in [0.717, 1.165) is 5.56 Å². The lowest BCUT2D eigenvalue weighted by molar-refractivity contribution is -0.385. The first-order chi connectivity index (χ1) is 11.5. The highest BCUT2D eigenvalue weighted by Gasteiger charge is 2.15. The van der Waals surface area contributed by atoms with Crippen molar-refractivity contribution in [2.24, 2.45) is 0 Å². The molecule has 0 saturated carbocycles. The van der Waals surface area contributed by atoms with E-state index in [9.17, 15) is 14.9 Å². The molecule has 122 valence electrons. The normalized spacial score (nSPS) is 11.4. The molecule has 2 rings (SSSR count). The van der Waals surface area contributed by atoms with E-state index in [4.69, 9.17) is 5.26 Å². The lowest BCUT2D eigenvalue weighted by Gasteiger charge is -2.10. The van der Waals surface area contributed by atoms with Gasteiger partial charge in [0.15, 0.2) is 0 Å². The van der Waals surface area contributed by atoms with Gasteiger partial charge in [0.05, 0.1) is 16.9 Å². The van der Waals surface area contributed by atoms with Crippen LogP contribution in [-0.4, -0.2) is 10.8 Å². The minimum atomic E-state index is -0.482. The number of nitro groups is 1. The second-order valence-corrected chi connectivity index (χ2v) is 5.43. The molecule has 6 nitrogen and oxygen atoms in total. The summed E-state index contributed by atoms with van der Waals surface area (Å²) in [7, 11) is 0. The summed E-state index contributed by atoms with van der Waals surface area (Å²) in [5.74, 6) is -0.638. The highest BCUT2D eigenvalue weighted by molar-refractivity contribution is 6.04. The van der Waals surface area contributed by atoms with Crippen LogP contribution in [0.3, 0.4) is 0 Å². The van der Waals surface area contributed by atoms with Crippen LogP contribution in [0.4, 0.5) is 11.4 Å². The van der Waals surface area contributed by atoms with Crippen LogP contribution in [-0.2, 0) is 0 Å². The summed E-state index contributed by atoms with van der Waals surface area (Å²) < 4.78 is 0. The third-order valence-corrected chi connectivity index (χ3v) is 3.78. The van der Waals surface area contributed by atoms with Crippen molar-refractivity contribution in [3.8, 4) is 6.07 Å². The molecule has 0 spiro atoms. The van der Waals surface area contributed by atoms with Gasteiger partial charge in [-0.05, 0) is 37.1 Å². The first kappa shape index (κ1) is 17.2. The predicted octanol–water partition coefficient (Wildman–Crippen LogP) is 4.17. The first-order valence-electron chi connectivity index (χ1n) is 7.52. The molecule has 0 aromatic heterocycles. The number of amides is 1. The van der Waals surface area contributed by atoms with Gasteiger partial charge in [0, 0.05) is 22.9 Å². The SMILES string of the molecule is CCC(C#N)c1cccc(C(=O)Nc2ccc(C)c([N+](=O)[O-])c2)c1. The summed E-state index contributed by atoms with van der Waals surface area (Å²) in [6.07, 6.45) is 0.658. The number of carbonyl (C=O) groups is 1.